The molecule has 0 aromatic heterocycles. The molecule has 0 radical (unpaired) electrons. The minimum Gasteiger partial charge on any atom is -0.379 e. The number of nitrogens with one attached hydrogen (secondary N) is 2. The standard InChI is InChI=1S/C19H29N5O3/c1-4-9-20-18(21-14-16-5-7-17(8-6-16)24(25)26)22-15-19(2,3)23-10-12-27-13-11-23/h4-8H,1,9-15H2,2-3H3,(H2,20,21,22). The predicted molar refractivity (Wildman–Crippen MR) is 107 cm³/mol. The largest absolute Gasteiger partial charge is 0.379 e. The summed E-state index contributed by atoms with van der Waals surface area (Å²) in [6.07, 6.45) is 1.77. The lowest BCUT2D eigenvalue weighted by atomic mass is 10.0. The maximum atomic E-state index is 10.7. The summed E-state index contributed by atoms with van der Waals surface area (Å²) in [6, 6.07) is 6.45. The van der Waals surface area contributed by atoms with Crippen LogP contribution >= 0.6 is 0 Å². The fourth-order valence-corrected chi connectivity index (χ4v) is 2.82. The Bertz CT molecular complexity index is 652. The molecule has 8 nitrogen and oxygen atoms in total. The van der Waals surface area contributed by atoms with Crippen LogP contribution in [0.2, 0.25) is 0 Å². The molecule has 0 aliphatic carbocycles. The normalized spacial score (nSPS) is 16.0. The third-order valence-electron chi connectivity index (χ3n) is 4.54. The molecule has 8 heteroatoms. The van der Waals surface area contributed by atoms with E-state index in [1.54, 1.807) is 18.2 Å². The molecule has 1 aromatic rings. The van der Waals surface area contributed by atoms with Crippen molar-refractivity contribution in [3.05, 3.63) is 52.6 Å². The molecule has 2 rings (SSSR count). The van der Waals surface area contributed by atoms with Gasteiger partial charge in [-0.05, 0) is 19.4 Å². The van der Waals surface area contributed by atoms with Crippen molar-refractivity contribution in [2.75, 3.05) is 39.4 Å². The summed E-state index contributed by atoms with van der Waals surface area (Å²) < 4.78 is 5.43. The summed E-state index contributed by atoms with van der Waals surface area (Å²) in [5.41, 5.74) is 0.958. The van der Waals surface area contributed by atoms with Gasteiger partial charge in [-0.25, -0.2) is 4.99 Å². The van der Waals surface area contributed by atoms with E-state index >= 15 is 0 Å². The average molecular weight is 375 g/mol. The van der Waals surface area contributed by atoms with Crippen molar-refractivity contribution in [3.8, 4) is 0 Å². The molecule has 1 saturated heterocycles. The lowest BCUT2D eigenvalue weighted by molar-refractivity contribution is -0.384. The van der Waals surface area contributed by atoms with Crippen molar-refractivity contribution in [3.63, 3.8) is 0 Å². The minimum absolute atomic E-state index is 0.0340. The molecule has 0 bridgehead atoms. The van der Waals surface area contributed by atoms with Gasteiger partial charge in [0.25, 0.3) is 5.69 Å². The van der Waals surface area contributed by atoms with Gasteiger partial charge in [-0.15, -0.1) is 6.58 Å². The first kappa shape index (κ1) is 20.9. The quantitative estimate of drug-likeness (QED) is 0.237. The van der Waals surface area contributed by atoms with E-state index in [2.05, 4.69) is 41.0 Å². The number of guanidine groups is 1. The lowest BCUT2D eigenvalue weighted by Crippen LogP contribution is -2.56. The molecule has 0 atom stereocenters. The second-order valence-electron chi connectivity index (χ2n) is 7.02. The van der Waals surface area contributed by atoms with Gasteiger partial charge < -0.3 is 15.4 Å². The summed E-state index contributed by atoms with van der Waals surface area (Å²) in [5.74, 6) is 0.689. The summed E-state index contributed by atoms with van der Waals surface area (Å²) in [5, 5.41) is 17.3. The zero-order valence-corrected chi connectivity index (χ0v) is 16.1. The topological polar surface area (TPSA) is 92.0 Å². The Balaban J connectivity index is 1.97. The van der Waals surface area contributed by atoms with Crippen LogP contribution in [0.5, 0.6) is 0 Å². The number of hydrogen-bond donors (Lipinski definition) is 2. The number of benzene rings is 1. The first-order chi connectivity index (χ1) is 12.9. The molecule has 1 aliphatic rings. The highest BCUT2D eigenvalue weighted by molar-refractivity contribution is 5.80. The van der Waals surface area contributed by atoms with Crippen LogP contribution in [-0.4, -0.2) is 60.7 Å². The Labute approximate surface area is 160 Å². The number of nitro benzene ring substituents is 1. The summed E-state index contributed by atoms with van der Waals surface area (Å²) in [6.45, 7) is 13.3. The molecule has 1 heterocycles. The van der Waals surface area contributed by atoms with E-state index in [0.29, 0.717) is 19.0 Å². The highest BCUT2D eigenvalue weighted by Crippen LogP contribution is 2.15. The van der Waals surface area contributed by atoms with Gasteiger partial charge in [-0.3, -0.25) is 15.0 Å². The first-order valence-electron chi connectivity index (χ1n) is 9.11. The number of aliphatic imine (C=N–C) groups is 1. The fourth-order valence-electron chi connectivity index (χ4n) is 2.82. The highest BCUT2D eigenvalue weighted by Gasteiger charge is 2.28. The third-order valence-corrected chi connectivity index (χ3v) is 4.54. The van der Waals surface area contributed by atoms with Crippen LogP contribution in [0.1, 0.15) is 19.4 Å². The van der Waals surface area contributed by atoms with Gasteiger partial charge in [0.05, 0.1) is 24.7 Å². The van der Waals surface area contributed by atoms with Crippen molar-refractivity contribution in [1.82, 2.24) is 15.5 Å². The number of rotatable bonds is 8. The molecular weight excluding hydrogens is 346 g/mol. The highest BCUT2D eigenvalue weighted by atomic mass is 16.6. The van der Waals surface area contributed by atoms with Gasteiger partial charge in [-0.2, -0.15) is 0 Å². The van der Waals surface area contributed by atoms with Crippen LogP contribution in [0.3, 0.4) is 0 Å². The number of morpholine rings is 1. The maximum Gasteiger partial charge on any atom is 0.269 e. The van der Waals surface area contributed by atoms with E-state index in [0.717, 1.165) is 38.4 Å². The number of nitrogens with zero attached hydrogens (tertiary/aromatic N) is 3. The van der Waals surface area contributed by atoms with Gasteiger partial charge in [0.15, 0.2) is 5.96 Å². The van der Waals surface area contributed by atoms with E-state index in [1.807, 2.05) is 0 Å². The lowest BCUT2D eigenvalue weighted by Gasteiger charge is -2.41. The second kappa shape index (κ2) is 10.0. The molecule has 0 amide bonds. The number of ether oxygens (including phenoxy) is 1. The molecule has 0 spiro atoms. The molecule has 1 aromatic carbocycles. The van der Waals surface area contributed by atoms with Crippen molar-refractivity contribution in [2.24, 2.45) is 4.99 Å². The zero-order valence-electron chi connectivity index (χ0n) is 16.1. The molecular formula is C19H29N5O3. The number of non-ortho nitro benzene ring substituents is 1. The number of hydrogen-bond acceptors (Lipinski definition) is 5. The molecule has 0 unspecified atom stereocenters. The van der Waals surface area contributed by atoms with E-state index in [9.17, 15) is 10.1 Å². The Kier molecular flexibility index (Phi) is 7.75. The SMILES string of the molecule is C=CCNC(=NCc1ccc([N+](=O)[O-])cc1)NCC(C)(C)N1CCOCC1. The van der Waals surface area contributed by atoms with Crippen LogP contribution in [0, 0.1) is 10.1 Å². The monoisotopic (exact) mass is 375 g/mol. The van der Waals surface area contributed by atoms with E-state index in [-0.39, 0.29) is 11.2 Å². The smallest absolute Gasteiger partial charge is 0.269 e. The van der Waals surface area contributed by atoms with Gasteiger partial charge in [-0.1, -0.05) is 18.2 Å². The molecule has 148 valence electrons. The van der Waals surface area contributed by atoms with Crippen molar-refractivity contribution >= 4 is 11.6 Å². The fraction of sp³-hybridized carbons (Fsp3) is 0.526. The summed E-state index contributed by atoms with van der Waals surface area (Å²) in [4.78, 5) is 17.3. The van der Waals surface area contributed by atoms with Gasteiger partial charge in [0, 0.05) is 43.9 Å². The third kappa shape index (κ3) is 6.65. The Morgan fingerprint density at radius 1 is 1.33 bits per heavy atom. The first-order valence-corrected chi connectivity index (χ1v) is 9.11. The summed E-state index contributed by atoms with van der Waals surface area (Å²) in [7, 11) is 0. The van der Waals surface area contributed by atoms with Gasteiger partial charge in [0.1, 0.15) is 0 Å². The Morgan fingerprint density at radius 3 is 2.59 bits per heavy atom. The maximum absolute atomic E-state index is 10.7. The van der Waals surface area contributed by atoms with Gasteiger partial charge >= 0.3 is 0 Å². The average Bonchev–Trinajstić information content (AvgIpc) is 2.68. The van der Waals surface area contributed by atoms with Crippen LogP contribution in [0.15, 0.2) is 41.9 Å². The van der Waals surface area contributed by atoms with Crippen molar-refractivity contribution < 1.29 is 9.66 Å². The van der Waals surface area contributed by atoms with Crippen LogP contribution in [0.25, 0.3) is 0 Å². The van der Waals surface area contributed by atoms with Crippen LogP contribution in [0.4, 0.5) is 5.69 Å². The minimum atomic E-state index is -0.403. The molecule has 2 N–H and O–H groups in total. The molecule has 0 saturated carbocycles. The number of nitro groups is 1. The van der Waals surface area contributed by atoms with Crippen LogP contribution in [-0.2, 0) is 11.3 Å². The van der Waals surface area contributed by atoms with E-state index in [1.165, 1.54) is 12.1 Å². The van der Waals surface area contributed by atoms with Crippen molar-refractivity contribution in [1.29, 1.82) is 0 Å². The zero-order chi connectivity index (χ0) is 19.7. The van der Waals surface area contributed by atoms with E-state index in [4.69, 9.17) is 4.74 Å². The second-order valence-corrected chi connectivity index (χ2v) is 7.02. The van der Waals surface area contributed by atoms with Gasteiger partial charge in [0.2, 0.25) is 0 Å². The van der Waals surface area contributed by atoms with Crippen LogP contribution < -0.4 is 10.6 Å². The molecule has 1 fully saturated rings. The Hall–Kier alpha value is -2.45. The van der Waals surface area contributed by atoms with Crippen molar-refractivity contribution in [2.45, 2.75) is 25.9 Å². The van der Waals surface area contributed by atoms with E-state index < -0.39 is 4.92 Å². The predicted octanol–water partition coefficient (Wildman–Crippen LogP) is 1.93. The molecule has 27 heavy (non-hydrogen) atoms. The summed E-state index contributed by atoms with van der Waals surface area (Å²) >= 11 is 0. The Morgan fingerprint density at radius 2 is 2.00 bits per heavy atom. The molecule has 1 aliphatic heterocycles.